The number of hydrogen-bond donors (Lipinski definition) is 0. The molecule has 0 N–H and O–H groups in total. The number of benzene rings is 2. The van der Waals surface area contributed by atoms with E-state index in [4.69, 9.17) is 5.26 Å². The Morgan fingerprint density at radius 1 is 0.864 bits per heavy atom. The van der Waals surface area contributed by atoms with Crippen molar-refractivity contribution in [1.29, 1.82) is 5.26 Å². The maximum Gasteiger partial charge on any atom is 0.0991 e. The fourth-order valence-electron chi connectivity index (χ4n) is 2.91. The molecule has 0 saturated carbocycles. The molecular formula is C19H21N3. The summed E-state index contributed by atoms with van der Waals surface area (Å²) >= 11 is 0. The number of rotatable bonds is 4. The summed E-state index contributed by atoms with van der Waals surface area (Å²) in [6.07, 6.45) is 1.12. The lowest BCUT2D eigenvalue weighted by atomic mass is 10.1. The second-order valence-corrected chi connectivity index (χ2v) is 5.72. The molecule has 2 aromatic carbocycles. The van der Waals surface area contributed by atoms with Crippen LogP contribution in [0.3, 0.4) is 0 Å². The molecule has 1 aliphatic heterocycles. The number of nitrogens with zero attached hydrogens (tertiary/aromatic N) is 3. The standard InChI is InChI=1S/C19H21N3/c20-16-18-6-8-19(9-7-18)22-14-12-21(13-15-22)11-10-17-4-2-1-3-5-17/h1-9H,10-15H2. The summed E-state index contributed by atoms with van der Waals surface area (Å²) in [7, 11) is 0. The van der Waals surface area contributed by atoms with E-state index in [9.17, 15) is 0 Å². The van der Waals surface area contributed by atoms with E-state index in [-0.39, 0.29) is 0 Å². The molecule has 3 heteroatoms. The predicted octanol–water partition coefficient (Wildman–Crippen LogP) is 2.92. The molecule has 2 aromatic rings. The Kier molecular flexibility index (Phi) is 4.72. The van der Waals surface area contributed by atoms with Gasteiger partial charge in [0.2, 0.25) is 0 Å². The molecule has 3 rings (SSSR count). The van der Waals surface area contributed by atoms with E-state index in [0.29, 0.717) is 0 Å². The van der Waals surface area contributed by atoms with Gasteiger partial charge in [-0.1, -0.05) is 30.3 Å². The van der Waals surface area contributed by atoms with Gasteiger partial charge in [-0.25, -0.2) is 0 Å². The van der Waals surface area contributed by atoms with Crippen LogP contribution in [0.25, 0.3) is 0 Å². The molecule has 0 radical (unpaired) electrons. The highest BCUT2D eigenvalue weighted by molar-refractivity contribution is 5.50. The Morgan fingerprint density at radius 2 is 1.55 bits per heavy atom. The minimum absolute atomic E-state index is 0.727. The maximum atomic E-state index is 8.86. The molecule has 0 bridgehead atoms. The van der Waals surface area contributed by atoms with E-state index in [1.807, 2.05) is 12.1 Å². The van der Waals surface area contributed by atoms with Crippen molar-refractivity contribution in [2.45, 2.75) is 6.42 Å². The van der Waals surface area contributed by atoms with Crippen LogP contribution >= 0.6 is 0 Å². The lowest BCUT2D eigenvalue weighted by Crippen LogP contribution is -2.47. The van der Waals surface area contributed by atoms with Crippen molar-refractivity contribution in [2.75, 3.05) is 37.6 Å². The first-order chi connectivity index (χ1) is 10.8. The molecule has 3 nitrogen and oxygen atoms in total. The lowest BCUT2D eigenvalue weighted by molar-refractivity contribution is 0.261. The van der Waals surface area contributed by atoms with Crippen molar-refractivity contribution in [2.24, 2.45) is 0 Å². The second kappa shape index (κ2) is 7.11. The Hall–Kier alpha value is -2.31. The number of anilines is 1. The predicted molar refractivity (Wildman–Crippen MR) is 90.0 cm³/mol. The van der Waals surface area contributed by atoms with E-state index in [2.05, 4.69) is 58.3 Å². The van der Waals surface area contributed by atoms with Crippen LogP contribution in [0.2, 0.25) is 0 Å². The van der Waals surface area contributed by atoms with Gasteiger partial charge in [0, 0.05) is 38.4 Å². The number of hydrogen-bond acceptors (Lipinski definition) is 3. The first-order valence-corrected chi connectivity index (χ1v) is 7.86. The second-order valence-electron chi connectivity index (χ2n) is 5.72. The van der Waals surface area contributed by atoms with Crippen molar-refractivity contribution in [1.82, 2.24) is 4.90 Å². The van der Waals surface area contributed by atoms with Crippen LogP contribution in [0.5, 0.6) is 0 Å². The largest absolute Gasteiger partial charge is 0.369 e. The van der Waals surface area contributed by atoms with Gasteiger partial charge in [-0.15, -0.1) is 0 Å². The molecule has 112 valence electrons. The quantitative estimate of drug-likeness (QED) is 0.867. The maximum absolute atomic E-state index is 8.86. The van der Waals surface area contributed by atoms with Crippen molar-refractivity contribution in [3.05, 3.63) is 65.7 Å². The zero-order chi connectivity index (χ0) is 15.2. The molecule has 1 saturated heterocycles. The average molecular weight is 291 g/mol. The van der Waals surface area contributed by atoms with Gasteiger partial charge >= 0.3 is 0 Å². The van der Waals surface area contributed by atoms with E-state index < -0.39 is 0 Å². The van der Waals surface area contributed by atoms with Crippen molar-refractivity contribution in [3.8, 4) is 6.07 Å². The van der Waals surface area contributed by atoms with Crippen LogP contribution in [0.4, 0.5) is 5.69 Å². The molecule has 1 aliphatic rings. The van der Waals surface area contributed by atoms with Gasteiger partial charge in [-0.2, -0.15) is 5.26 Å². The third-order valence-corrected chi connectivity index (χ3v) is 4.29. The summed E-state index contributed by atoms with van der Waals surface area (Å²) in [6.45, 7) is 5.45. The van der Waals surface area contributed by atoms with Crippen molar-refractivity contribution >= 4 is 5.69 Å². The molecule has 0 aromatic heterocycles. The topological polar surface area (TPSA) is 30.3 Å². The van der Waals surface area contributed by atoms with Gasteiger partial charge in [-0.05, 0) is 36.2 Å². The molecule has 0 atom stereocenters. The first-order valence-electron chi connectivity index (χ1n) is 7.86. The van der Waals surface area contributed by atoms with Gasteiger partial charge in [0.1, 0.15) is 0 Å². The zero-order valence-electron chi connectivity index (χ0n) is 12.8. The fourth-order valence-corrected chi connectivity index (χ4v) is 2.91. The highest BCUT2D eigenvalue weighted by Crippen LogP contribution is 2.17. The van der Waals surface area contributed by atoms with Crippen LogP contribution < -0.4 is 4.90 Å². The van der Waals surface area contributed by atoms with Crippen molar-refractivity contribution < 1.29 is 0 Å². The first kappa shape index (κ1) is 14.6. The van der Waals surface area contributed by atoms with E-state index >= 15 is 0 Å². The summed E-state index contributed by atoms with van der Waals surface area (Å²) in [6, 6.07) is 20.8. The van der Waals surface area contributed by atoms with E-state index in [1.165, 1.54) is 11.3 Å². The fraction of sp³-hybridized carbons (Fsp3) is 0.316. The molecule has 1 heterocycles. The smallest absolute Gasteiger partial charge is 0.0991 e. The summed E-state index contributed by atoms with van der Waals surface area (Å²) in [5, 5.41) is 8.86. The third kappa shape index (κ3) is 3.66. The minimum atomic E-state index is 0.727. The molecule has 0 amide bonds. The van der Waals surface area contributed by atoms with Gasteiger partial charge in [0.05, 0.1) is 11.6 Å². The van der Waals surface area contributed by atoms with E-state index in [0.717, 1.165) is 44.7 Å². The zero-order valence-corrected chi connectivity index (χ0v) is 12.8. The highest BCUT2D eigenvalue weighted by Gasteiger charge is 2.16. The van der Waals surface area contributed by atoms with Gasteiger partial charge < -0.3 is 4.90 Å². The summed E-state index contributed by atoms with van der Waals surface area (Å²) in [5.74, 6) is 0. The Morgan fingerprint density at radius 3 is 2.18 bits per heavy atom. The number of nitriles is 1. The summed E-state index contributed by atoms with van der Waals surface area (Å²) in [4.78, 5) is 4.94. The molecular weight excluding hydrogens is 270 g/mol. The van der Waals surface area contributed by atoms with Crippen molar-refractivity contribution in [3.63, 3.8) is 0 Å². The normalized spacial score (nSPS) is 15.5. The Bertz CT molecular complexity index is 620. The Labute approximate surface area is 132 Å². The SMILES string of the molecule is N#Cc1ccc(N2CCN(CCc3ccccc3)CC2)cc1. The lowest BCUT2D eigenvalue weighted by Gasteiger charge is -2.36. The Balaban J connectivity index is 1.48. The molecule has 1 fully saturated rings. The average Bonchev–Trinajstić information content (AvgIpc) is 2.61. The highest BCUT2D eigenvalue weighted by atomic mass is 15.3. The van der Waals surface area contributed by atoms with Crippen LogP contribution in [0.15, 0.2) is 54.6 Å². The van der Waals surface area contributed by atoms with Crippen LogP contribution in [-0.2, 0) is 6.42 Å². The van der Waals surface area contributed by atoms with E-state index in [1.54, 1.807) is 0 Å². The molecule has 0 spiro atoms. The van der Waals surface area contributed by atoms with Gasteiger partial charge in [0.15, 0.2) is 0 Å². The molecule has 0 unspecified atom stereocenters. The minimum Gasteiger partial charge on any atom is -0.369 e. The summed E-state index contributed by atoms with van der Waals surface area (Å²) < 4.78 is 0. The van der Waals surface area contributed by atoms with Crippen LogP contribution in [0, 0.1) is 11.3 Å². The molecule has 22 heavy (non-hydrogen) atoms. The summed E-state index contributed by atoms with van der Waals surface area (Å²) in [5.41, 5.74) is 3.36. The molecule has 0 aliphatic carbocycles. The monoisotopic (exact) mass is 291 g/mol. The van der Waals surface area contributed by atoms with Crippen LogP contribution in [-0.4, -0.2) is 37.6 Å². The van der Waals surface area contributed by atoms with Gasteiger partial charge in [0.25, 0.3) is 0 Å². The van der Waals surface area contributed by atoms with Crippen LogP contribution in [0.1, 0.15) is 11.1 Å². The third-order valence-electron chi connectivity index (χ3n) is 4.29. The number of piperazine rings is 1. The van der Waals surface area contributed by atoms with Gasteiger partial charge in [-0.3, -0.25) is 4.90 Å².